The second-order valence-corrected chi connectivity index (χ2v) is 37.5. The number of aromatic nitrogens is 10. The highest BCUT2D eigenvalue weighted by atomic mass is 33.1. The van der Waals surface area contributed by atoms with Gasteiger partial charge in [0, 0.05) is 93.6 Å². The molecule has 6 bridgehead atoms. The Morgan fingerprint density at radius 1 is 0.395 bits per heavy atom. The number of unbranched alkanes of at least 4 members (excludes halogenated alkanes) is 4. The van der Waals surface area contributed by atoms with E-state index < -0.39 is 150 Å². The fraction of sp³-hybridized carbons (Fsp3) is 0.761. The monoisotopic (exact) mass is 2130 g/mol. The normalized spacial score (nSPS) is 23.6. The summed E-state index contributed by atoms with van der Waals surface area (Å²) in [5.74, 6) is -6.38. The SMILES string of the molecule is CC(=O)N[C@H]1[C@@H]2OC[C@](COCCOCCOCCOCCn3cc(COCC(COCc4cn(CCOCCOCCOCCOC[C@@]56CO[C@H](O5)[C@H](NC(C)=O)[C@@H](OC(C)=O)[C@H]6OC(C)=O)nn4)(COCc4cn(CCOCCOCCOCCO[C@@]56CO[C@@H](O5)[C@H](NC(C)=O)[C@@H](OC(C)=O)[C@H]6OC(C)=O)nn4)NC(=O)CCCCCNC(=O)CCCCCSSc4ccccn4)nn3)(O2)[C@H](OC(C)=O)[C@@H]1OC(C)=O. The van der Waals surface area contributed by atoms with E-state index in [1.807, 2.05) is 18.2 Å². The van der Waals surface area contributed by atoms with Crippen molar-refractivity contribution in [3.8, 4) is 0 Å². The third-order valence-corrected chi connectivity index (χ3v) is 25.0. The van der Waals surface area contributed by atoms with Crippen LogP contribution in [0.5, 0.6) is 0 Å². The number of fused-ring (bicyclic) bond motifs is 6. The Bertz CT molecular complexity index is 4500. The summed E-state index contributed by atoms with van der Waals surface area (Å²) < 4.78 is 163. The van der Waals surface area contributed by atoms with Gasteiger partial charge in [0.1, 0.15) is 52.4 Å². The van der Waals surface area contributed by atoms with E-state index in [-0.39, 0.29) is 230 Å². The van der Waals surface area contributed by atoms with E-state index in [1.165, 1.54) is 62.3 Å². The first-order valence-electron chi connectivity index (χ1n) is 48.9. The molecular formula is C92H141N15O38S2. The Morgan fingerprint density at radius 2 is 0.755 bits per heavy atom. The third kappa shape index (κ3) is 41.7. The van der Waals surface area contributed by atoms with Gasteiger partial charge in [0.2, 0.25) is 35.3 Å². The zero-order valence-electron chi connectivity index (χ0n) is 84.6. The standard InChI is InChI=1S/C92H141N15O38S2/c1-62(108)95-77-80(137-65(4)111)83(140-68(7)114)90(59-133-86(77)143-90)57-128-43-41-125-37-35-122-32-29-119-26-23-105-48-71(99-102-105)51-130-54-89(98-75(118)19-12-10-15-21-93-74(117)18-13-11-17-47-146-147-76-20-14-16-22-94-76,56-132-53-73-50-107(104-101-73)25-28-121-31-34-124-39-40-127-45-46-136-92-61-135-88(145-92)79(97-64(3)110)82(139-67(6)113)85(92)142-70(9)116)55-131-52-72-49-106(103-100-72)24-27-120-30-33-123-36-38-126-42-44-129-58-91-60-134-87(144-91)78(96-63(2)109)81(138-66(5)112)84(91)141-69(8)115/h14,16,20,22,48-50,77-88H,10-13,15,17-19,21,23-47,51-61H2,1-9H3,(H,93,117)(H,95,108)(H,96,109)(H,97,110)(H,98,118)/t77-,78-,79-,80-,81-,82-,83-,84-,85-,86-,87-,88+,90+,91+,92+/m1/s1. The van der Waals surface area contributed by atoms with Crippen LogP contribution in [0.15, 0.2) is 48.0 Å². The van der Waals surface area contributed by atoms with Crippen LogP contribution in [0.4, 0.5) is 0 Å². The second-order valence-electron chi connectivity index (χ2n) is 35.1. The first-order chi connectivity index (χ1) is 71.0. The lowest BCUT2D eigenvalue weighted by Gasteiger charge is -2.45. The summed E-state index contributed by atoms with van der Waals surface area (Å²) in [4.78, 5) is 141. The summed E-state index contributed by atoms with van der Waals surface area (Å²) in [6.07, 6.45) is 1.85. The highest BCUT2D eigenvalue weighted by Crippen LogP contribution is 2.44. The van der Waals surface area contributed by atoms with E-state index in [2.05, 4.69) is 62.5 Å². The Hall–Kier alpha value is -9.40. The molecule has 0 aromatic carbocycles. The maximum Gasteiger partial charge on any atom is 0.303 e. The van der Waals surface area contributed by atoms with Gasteiger partial charge in [-0.05, 0) is 48.6 Å². The fourth-order valence-electron chi connectivity index (χ4n) is 16.3. The molecule has 5 N–H and O–H groups in total. The van der Waals surface area contributed by atoms with Crippen molar-refractivity contribution < 1.29 is 181 Å². The predicted octanol–water partition coefficient (Wildman–Crippen LogP) is -0.0243. The molecule has 0 radical (unpaired) electrons. The summed E-state index contributed by atoms with van der Waals surface area (Å²) in [5.41, 5.74) is -2.62. The van der Waals surface area contributed by atoms with Crippen LogP contribution < -0.4 is 26.6 Å². The number of carbonyl (C=O) groups excluding carboxylic acids is 11. The summed E-state index contributed by atoms with van der Waals surface area (Å²) in [7, 11) is 3.38. The van der Waals surface area contributed by atoms with Crippen LogP contribution in [0.2, 0.25) is 0 Å². The van der Waals surface area contributed by atoms with Gasteiger partial charge in [0.05, 0.1) is 243 Å². The highest BCUT2D eigenvalue weighted by molar-refractivity contribution is 8.76. The van der Waals surface area contributed by atoms with Crippen molar-refractivity contribution in [3.05, 3.63) is 60.1 Å². The topological polar surface area (TPSA) is 602 Å². The predicted molar refractivity (Wildman–Crippen MR) is 504 cm³/mol. The summed E-state index contributed by atoms with van der Waals surface area (Å²) in [6, 6.07) is 2.93. The van der Waals surface area contributed by atoms with Gasteiger partial charge in [0.15, 0.2) is 66.7 Å². The van der Waals surface area contributed by atoms with Gasteiger partial charge in [-0.3, -0.25) is 52.7 Å². The first kappa shape index (κ1) is 119. The molecule has 4 aromatic heterocycles. The number of carbonyl (C=O) groups is 11. The molecule has 53 nitrogen and oxygen atoms in total. The maximum atomic E-state index is 14.4. The van der Waals surface area contributed by atoms with Crippen molar-refractivity contribution in [3.63, 3.8) is 0 Å². The lowest BCUT2D eigenvalue weighted by molar-refractivity contribution is -0.323. The Kier molecular flexibility index (Phi) is 52.3. The van der Waals surface area contributed by atoms with E-state index in [4.69, 9.17) is 128 Å². The molecule has 10 rings (SSSR count). The molecule has 824 valence electrons. The molecule has 147 heavy (non-hydrogen) atoms. The highest BCUT2D eigenvalue weighted by Gasteiger charge is 2.67. The van der Waals surface area contributed by atoms with Crippen LogP contribution in [0.3, 0.4) is 0 Å². The maximum absolute atomic E-state index is 14.4. The molecule has 6 aliphatic heterocycles. The molecule has 0 unspecified atom stereocenters. The number of rotatable bonds is 77. The summed E-state index contributed by atoms with van der Waals surface area (Å²) in [6.45, 7) is 15.7. The number of pyridine rings is 1. The van der Waals surface area contributed by atoms with Crippen LogP contribution in [-0.4, -0.2) is 415 Å². The van der Waals surface area contributed by atoms with E-state index in [0.717, 1.165) is 30.0 Å². The lowest BCUT2D eigenvalue weighted by atomic mass is 9.87. The number of amides is 5. The van der Waals surface area contributed by atoms with Crippen LogP contribution in [-0.2, 0) is 220 Å². The van der Waals surface area contributed by atoms with Gasteiger partial charge in [-0.1, -0.05) is 45.3 Å². The zero-order chi connectivity index (χ0) is 105. The van der Waals surface area contributed by atoms with Gasteiger partial charge in [-0.25, -0.2) is 19.0 Å². The number of hydrogen-bond donors (Lipinski definition) is 5. The van der Waals surface area contributed by atoms with E-state index in [0.29, 0.717) is 68.9 Å². The van der Waals surface area contributed by atoms with Gasteiger partial charge in [-0.15, -0.1) is 15.3 Å². The molecule has 6 saturated heterocycles. The summed E-state index contributed by atoms with van der Waals surface area (Å²) in [5, 5.41) is 41.1. The molecule has 4 aromatic rings. The smallest absolute Gasteiger partial charge is 0.303 e. The number of esters is 6. The first-order valence-corrected chi connectivity index (χ1v) is 51.2. The quantitative estimate of drug-likeness (QED) is 0.0168. The van der Waals surface area contributed by atoms with Gasteiger partial charge >= 0.3 is 35.8 Å². The van der Waals surface area contributed by atoms with E-state index in [9.17, 15) is 52.7 Å². The fourth-order valence-corrected chi connectivity index (χ4v) is 18.4. The van der Waals surface area contributed by atoms with Crippen molar-refractivity contribution >= 4 is 86.9 Å². The minimum Gasteiger partial charge on any atom is -0.456 e. The molecule has 10 heterocycles. The molecule has 5 amide bonds. The third-order valence-electron chi connectivity index (χ3n) is 22.7. The molecule has 55 heteroatoms. The van der Waals surface area contributed by atoms with E-state index in [1.54, 1.807) is 60.4 Å². The van der Waals surface area contributed by atoms with Crippen molar-refractivity contribution in [2.75, 3.05) is 204 Å². The van der Waals surface area contributed by atoms with Crippen molar-refractivity contribution in [1.82, 2.24) is 76.5 Å². The largest absolute Gasteiger partial charge is 0.456 e. The van der Waals surface area contributed by atoms with Crippen molar-refractivity contribution in [1.29, 1.82) is 0 Å². The number of nitrogens with zero attached hydrogens (tertiary/aromatic N) is 10. The molecule has 15 atom stereocenters. The van der Waals surface area contributed by atoms with Gasteiger partial charge in [0.25, 0.3) is 0 Å². The number of ether oxygens (including phenoxy) is 27. The van der Waals surface area contributed by atoms with Gasteiger partial charge in [-0.2, -0.15) is 0 Å². The van der Waals surface area contributed by atoms with Crippen LogP contribution >= 0.6 is 21.6 Å². The molecule has 0 aliphatic carbocycles. The average Bonchev–Trinajstić information content (AvgIpc) is 1.60. The Balaban J connectivity index is 0.677. The van der Waals surface area contributed by atoms with E-state index >= 15 is 0 Å². The molecule has 6 aliphatic rings. The van der Waals surface area contributed by atoms with Crippen molar-refractivity contribution in [2.45, 2.75) is 254 Å². The van der Waals surface area contributed by atoms with Crippen LogP contribution in [0.25, 0.3) is 0 Å². The Labute approximate surface area is 858 Å². The molecule has 0 spiro atoms. The molecule has 6 fully saturated rings. The minimum atomic E-state index is -1.65. The van der Waals surface area contributed by atoms with Crippen molar-refractivity contribution in [2.24, 2.45) is 0 Å². The second kappa shape index (κ2) is 64.3. The Morgan fingerprint density at radius 3 is 1.15 bits per heavy atom. The molecule has 0 saturated carbocycles. The number of nitrogens with one attached hydrogen (secondary N) is 5. The number of hydrogen-bond acceptors (Lipinski definition) is 47. The lowest BCUT2D eigenvalue weighted by Crippen LogP contribution is -2.68. The van der Waals surface area contributed by atoms with Gasteiger partial charge < -0.3 is 154 Å². The zero-order valence-corrected chi connectivity index (χ0v) is 86.2. The average molecular weight is 2130 g/mol. The van der Waals surface area contributed by atoms with Crippen LogP contribution in [0, 0.1) is 0 Å². The van der Waals surface area contributed by atoms with Crippen LogP contribution in [0.1, 0.15) is 131 Å². The molecular weight excluding hydrogens is 1990 g/mol. The summed E-state index contributed by atoms with van der Waals surface area (Å²) >= 11 is 0. The minimum absolute atomic E-state index is 0.0187.